The summed E-state index contributed by atoms with van der Waals surface area (Å²) in [6.07, 6.45) is 5.83. The molecule has 0 aliphatic rings. The van der Waals surface area contributed by atoms with Crippen LogP contribution in [0.15, 0.2) is 0 Å². The average molecular weight is 290 g/mol. The Morgan fingerprint density at radius 3 is 1.35 bits per heavy atom. The van der Waals surface area contributed by atoms with Crippen LogP contribution in [0.4, 0.5) is 0 Å². The summed E-state index contributed by atoms with van der Waals surface area (Å²) in [7, 11) is 0. The number of rotatable bonds is 4. The molecule has 0 spiro atoms. The standard InChI is InChI=1S/C6H11O.4CO.Fe.Na/c1-2-3-4-5-6-7;4*1-2;;/h2-5H2,1H3;;;;;;/q-1;;;;;;+1. The number of hydrogen-bond donors (Lipinski definition) is 0. The van der Waals surface area contributed by atoms with Gasteiger partial charge in [0.05, 0.1) is 0 Å². The predicted molar refractivity (Wildman–Crippen MR) is 45.6 cm³/mol. The van der Waals surface area contributed by atoms with Crippen molar-refractivity contribution in [3.63, 3.8) is 0 Å². The molecule has 0 N–H and O–H groups in total. The van der Waals surface area contributed by atoms with E-state index in [0.717, 1.165) is 12.8 Å². The van der Waals surface area contributed by atoms with Gasteiger partial charge in [-0.2, -0.15) is 6.42 Å². The van der Waals surface area contributed by atoms with E-state index in [1.165, 1.54) is 6.42 Å². The molecule has 0 aliphatic carbocycles. The molecule has 0 atom stereocenters. The van der Waals surface area contributed by atoms with Gasteiger partial charge in [0.1, 0.15) is 0 Å². The first-order valence-corrected chi connectivity index (χ1v) is 3.58. The minimum atomic E-state index is 0. The first-order valence-electron chi connectivity index (χ1n) is 3.58. The molecule has 90 valence electrons. The fourth-order valence-electron chi connectivity index (χ4n) is 0.447. The van der Waals surface area contributed by atoms with E-state index in [4.69, 9.17) is 18.6 Å². The van der Waals surface area contributed by atoms with Crippen molar-refractivity contribution in [3.05, 3.63) is 26.6 Å². The molecule has 0 rings (SSSR count). The second kappa shape index (κ2) is 140. The second-order valence-electron chi connectivity index (χ2n) is 1.60. The van der Waals surface area contributed by atoms with Crippen LogP contribution in [0.5, 0.6) is 0 Å². The van der Waals surface area contributed by atoms with Crippen molar-refractivity contribution in [1.29, 1.82) is 0 Å². The molecule has 0 aromatic rings. The minimum Gasteiger partial charge on any atom is 0 e. The van der Waals surface area contributed by atoms with E-state index in [-0.39, 0.29) is 46.6 Å². The quantitative estimate of drug-likeness (QED) is 0.268. The van der Waals surface area contributed by atoms with E-state index in [2.05, 4.69) is 33.5 Å². The van der Waals surface area contributed by atoms with Gasteiger partial charge in [-0.05, 0) is 0 Å². The minimum absolute atomic E-state index is 0. The van der Waals surface area contributed by atoms with Crippen LogP contribution in [-0.4, -0.2) is 6.29 Å². The summed E-state index contributed by atoms with van der Waals surface area (Å²) < 4.78 is 30.0. The first-order chi connectivity index (χ1) is 7.41. The van der Waals surface area contributed by atoms with Gasteiger partial charge in [-0.15, -0.1) is 0 Å². The molecule has 17 heavy (non-hydrogen) atoms. The van der Waals surface area contributed by atoms with Crippen LogP contribution in [-0.2, 0) is 40.5 Å². The maximum atomic E-state index is 9.55. The molecule has 0 unspecified atom stereocenters. The Kier molecular flexibility index (Phi) is 357. The Balaban J connectivity index is -0.0000000173. The zero-order valence-corrected chi connectivity index (χ0v) is 12.8. The topological polar surface area (TPSA) is 96.7 Å². The number of hydrogen-bond acceptors (Lipinski definition) is 1. The molecule has 0 aromatic heterocycles. The second-order valence-corrected chi connectivity index (χ2v) is 1.60. The maximum absolute atomic E-state index is 9.55. The van der Waals surface area contributed by atoms with Crippen LogP contribution < -0.4 is 29.6 Å². The summed E-state index contributed by atoms with van der Waals surface area (Å²) in [5.41, 5.74) is 0. The van der Waals surface area contributed by atoms with E-state index in [9.17, 15) is 4.79 Å². The molecule has 5 nitrogen and oxygen atoms in total. The maximum Gasteiger partial charge on any atom is 1.00 e. The Morgan fingerprint density at radius 1 is 0.882 bits per heavy atom. The fraction of sp³-hybridized carbons (Fsp3) is 0.500. The monoisotopic (exact) mass is 290 g/mol. The molecule has 0 fully saturated rings. The largest absolute Gasteiger partial charge is 1.00 e. The van der Waals surface area contributed by atoms with Crippen molar-refractivity contribution >= 4 is 6.29 Å². The Bertz CT molecular complexity index is 141. The number of unbranched alkanes of at least 4 members (excludes halogenated alkanes) is 3. The van der Waals surface area contributed by atoms with Crippen LogP contribution in [0, 0.1) is 26.6 Å². The van der Waals surface area contributed by atoms with Crippen LogP contribution >= 0.6 is 0 Å². The average Bonchev–Trinajstić information content (AvgIpc) is 2.40. The van der Waals surface area contributed by atoms with Crippen LogP contribution in [0.2, 0.25) is 0 Å². The van der Waals surface area contributed by atoms with Crippen molar-refractivity contribution in [1.82, 2.24) is 0 Å². The van der Waals surface area contributed by atoms with Crippen LogP contribution in [0.3, 0.4) is 0 Å². The van der Waals surface area contributed by atoms with Crippen molar-refractivity contribution in [2.45, 2.75) is 32.6 Å². The summed E-state index contributed by atoms with van der Waals surface area (Å²) in [4.78, 5) is 9.55. The molecule has 0 radical (unpaired) electrons. The van der Waals surface area contributed by atoms with Gasteiger partial charge in [-0.1, -0.05) is 26.2 Å². The van der Waals surface area contributed by atoms with Crippen molar-refractivity contribution in [2.24, 2.45) is 0 Å². The summed E-state index contributed by atoms with van der Waals surface area (Å²) >= 11 is 0. The summed E-state index contributed by atoms with van der Waals surface area (Å²) in [6.45, 7) is 20.1. The number of carbonyl (C=O) groups excluding carboxylic acids is 1. The van der Waals surface area contributed by atoms with E-state index in [1.807, 2.05) is 6.29 Å². The van der Waals surface area contributed by atoms with Crippen molar-refractivity contribution in [2.75, 3.05) is 0 Å². The Hall–Kier alpha value is 0.149. The molecule has 0 bridgehead atoms. The van der Waals surface area contributed by atoms with E-state index in [0.29, 0.717) is 6.42 Å². The fourth-order valence-corrected chi connectivity index (χ4v) is 0.447. The molecule has 0 saturated heterocycles. The van der Waals surface area contributed by atoms with Gasteiger partial charge < -0.3 is 4.79 Å². The Labute approximate surface area is 135 Å². The third-order valence-electron chi connectivity index (χ3n) is 0.882. The zero-order valence-electron chi connectivity index (χ0n) is 9.72. The SMILES string of the molecule is CCCCC[C-]=O.[C-]#[O+].[C-]#[O+].[C-]#[O+].[C-]#[O+].[Fe].[Na+]. The molecule has 0 amide bonds. The Morgan fingerprint density at radius 2 is 1.18 bits per heavy atom. The van der Waals surface area contributed by atoms with Gasteiger partial charge in [-0.3, -0.25) is 6.29 Å². The van der Waals surface area contributed by atoms with Gasteiger partial charge in [0.25, 0.3) is 0 Å². The molecule has 0 heterocycles. The van der Waals surface area contributed by atoms with Gasteiger partial charge in [-0.25, -0.2) is 0 Å². The molecule has 0 aliphatic heterocycles. The molecule has 0 saturated carbocycles. The molecule has 0 aromatic carbocycles. The van der Waals surface area contributed by atoms with Gasteiger partial charge in [0.2, 0.25) is 0 Å². The van der Waals surface area contributed by atoms with Gasteiger partial charge in [0.15, 0.2) is 0 Å². The van der Waals surface area contributed by atoms with Crippen molar-refractivity contribution in [3.8, 4) is 0 Å². The summed E-state index contributed by atoms with van der Waals surface area (Å²) in [5, 5.41) is 0. The summed E-state index contributed by atoms with van der Waals surface area (Å²) in [5.74, 6) is 0. The predicted octanol–water partition coefficient (Wildman–Crippen LogP) is -1.47. The van der Waals surface area contributed by atoms with Crippen molar-refractivity contribution < 1.29 is 70.0 Å². The van der Waals surface area contributed by atoms with Gasteiger partial charge in [0, 0.05) is 17.1 Å². The van der Waals surface area contributed by atoms with Crippen LogP contribution in [0.1, 0.15) is 32.6 Å². The molecular weight excluding hydrogens is 279 g/mol. The van der Waals surface area contributed by atoms with Gasteiger partial charge >= 0.3 is 74.8 Å². The summed E-state index contributed by atoms with van der Waals surface area (Å²) in [6, 6.07) is 0. The molecular formula is C10H11FeNaO5. The first kappa shape index (κ1) is 43.4. The normalized spacial score (nSPS) is 4.06. The zero-order chi connectivity index (χ0) is 13.5. The van der Waals surface area contributed by atoms with E-state index >= 15 is 0 Å². The van der Waals surface area contributed by atoms with E-state index in [1.54, 1.807) is 0 Å². The van der Waals surface area contributed by atoms with E-state index < -0.39 is 0 Å². The smallest absolute Gasteiger partial charge is 0 e. The molecule has 7 heteroatoms. The third-order valence-corrected chi connectivity index (χ3v) is 0.882. The van der Waals surface area contributed by atoms with Crippen LogP contribution in [0.25, 0.3) is 0 Å². The third kappa shape index (κ3) is 188.